The Morgan fingerprint density at radius 3 is 2.14 bits per heavy atom. The Bertz CT molecular complexity index is 1200. The average Bonchev–Trinajstić information content (AvgIpc) is 2.97. The fourth-order valence-corrected chi connectivity index (χ4v) is 4.78. The number of carboxylic acid groups (broad SMARTS) is 2. The van der Waals surface area contributed by atoms with Crippen LogP contribution in [0.1, 0.15) is 56.9 Å². The highest BCUT2D eigenvalue weighted by Gasteiger charge is 2.42. The van der Waals surface area contributed by atoms with E-state index in [2.05, 4.69) is 26.3 Å². The average molecular weight is 619 g/mol. The highest BCUT2D eigenvalue weighted by Crippen LogP contribution is 2.28. The van der Waals surface area contributed by atoms with Crippen molar-refractivity contribution in [3.63, 3.8) is 0 Å². The van der Waals surface area contributed by atoms with Crippen molar-refractivity contribution in [2.24, 2.45) is 22.2 Å². The Labute approximate surface area is 254 Å². The molecule has 0 heterocycles. The molecule has 0 spiro atoms. The molecule has 0 unspecified atom stereocenters. The smallest absolute Gasteiger partial charge is 0.329 e. The zero-order valence-electron chi connectivity index (χ0n) is 24.4. The first-order valence-electron chi connectivity index (χ1n) is 14.3. The number of carbonyl (C=O) groups is 6. The minimum absolute atomic E-state index is 0.0288. The number of guanidine groups is 1. The molecule has 1 aromatic rings. The van der Waals surface area contributed by atoms with Crippen molar-refractivity contribution in [2.45, 2.75) is 81.5 Å². The molecule has 1 fully saturated rings. The van der Waals surface area contributed by atoms with Crippen LogP contribution < -0.4 is 38.5 Å². The lowest BCUT2D eigenvalue weighted by molar-refractivity contribution is -0.150. The summed E-state index contributed by atoms with van der Waals surface area (Å²) < 4.78 is 0. The maximum Gasteiger partial charge on any atom is 0.329 e. The number of rotatable bonds is 17. The van der Waals surface area contributed by atoms with E-state index in [-0.39, 0.29) is 38.2 Å². The molecule has 0 bridgehead atoms. The van der Waals surface area contributed by atoms with E-state index < -0.39 is 72.2 Å². The number of hydrogen-bond acceptors (Lipinski definition) is 8. The fourth-order valence-electron chi connectivity index (χ4n) is 4.78. The predicted molar refractivity (Wildman–Crippen MR) is 159 cm³/mol. The van der Waals surface area contributed by atoms with Gasteiger partial charge in [-0.1, -0.05) is 49.6 Å². The van der Waals surface area contributed by atoms with Gasteiger partial charge in [-0.2, -0.15) is 0 Å². The van der Waals surface area contributed by atoms with E-state index in [1.165, 1.54) is 0 Å². The van der Waals surface area contributed by atoms with Crippen LogP contribution >= 0.6 is 0 Å². The van der Waals surface area contributed by atoms with Gasteiger partial charge < -0.3 is 48.7 Å². The molecule has 0 aliphatic heterocycles. The van der Waals surface area contributed by atoms with Crippen LogP contribution in [0.4, 0.5) is 0 Å². The molecule has 2 rings (SSSR count). The predicted octanol–water partition coefficient (Wildman–Crippen LogP) is -1.93. The highest BCUT2D eigenvalue weighted by atomic mass is 16.4. The van der Waals surface area contributed by atoms with Crippen molar-refractivity contribution in [1.29, 1.82) is 0 Å². The third-order valence-corrected chi connectivity index (χ3v) is 7.15. The molecule has 12 N–H and O–H groups in total. The summed E-state index contributed by atoms with van der Waals surface area (Å²) in [6.45, 7) is -0.338. The number of nitrogens with two attached hydrogens (primary N) is 3. The molecule has 16 nitrogen and oxygen atoms in total. The lowest BCUT2D eigenvalue weighted by Crippen LogP contribution is -2.62. The van der Waals surface area contributed by atoms with E-state index >= 15 is 0 Å². The van der Waals surface area contributed by atoms with E-state index in [0.29, 0.717) is 24.8 Å². The first-order chi connectivity index (χ1) is 20.8. The Morgan fingerprint density at radius 1 is 0.886 bits per heavy atom. The number of aliphatic carboxylic acids is 2. The van der Waals surface area contributed by atoms with Gasteiger partial charge in [-0.05, 0) is 31.2 Å². The van der Waals surface area contributed by atoms with E-state index in [1.54, 1.807) is 30.3 Å². The first-order valence-corrected chi connectivity index (χ1v) is 14.3. The minimum atomic E-state index is -1.61. The fraction of sp³-hybridized carbons (Fsp3) is 0.536. The standard InChI is InChI=1S/C28H42N8O8/c29-18(10-7-13-32-27(30)31)23(40)33-16-21(37)34-20(15-22(38)39)24(41)35-19(14-17-8-3-1-4-9-17)25(42)36-28(26(43)44)11-5-2-6-12-28/h1,3-4,8-9,18-20H,2,5-7,10-16,29H2,(H,33,40)(H,34,37)(H,35,41)(H,36,42)(H,38,39)(H,43,44)(H4,30,31,32)/t18-,19+,20-/m0/s1. The molecule has 0 saturated heterocycles. The van der Waals surface area contributed by atoms with Crippen molar-refractivity contribution in [3.8, 4) is 0 Å². The zero-order chi connectivity index (χ0) is 32.7. The minimum Gasteiger partial charge on any atom is -0.481 e. The van der Waals surface area contributed by atoms with Crippen molar-refractivity contribution >= 4 is 41.5 Å². The SMILES string of the molecule is NC(N)=NCCC[C@H](N)C(=O)NCC(=O)N[C@@H](CC(=O)O)C(=O)N[C@H](Cc1ccccc1)C(=O)NC1(C(=O)O)CCCCC1. The molecule has 4 amide bonds. The second kappa shape index (κ2) is 17.4. The Balaban J connectivity index is 2.10. The first kappa shape index (κ1) is 35.5. The number of nitrogens with zero attached hydrogens (tertiary/aromatic N) is 1. The molecule has 242 valence electrons. The number of aliphatic imine (C=N–C) groups is 1. The van der Waals surface area contributed by atoms with Crippen molar-refractivity contribution in [1.82, 2.24) is 21.3 Å². The molecule has 1 saturated carbocycles. The number of amides is 4. The molecule has 1 aromatic carbocycles. The highest BCUT2D eigenvalue weighted by molar-refractivity contribution is 5.96. The third-order valence-electron chi connectivity index (χ3n) is 7.15. The van der Waals surface area contributed by atoms with Crippen molar-refractivity contribution in [3.05, 3.63) is 35.9 Å². The summed E-state index contributed by atoms with van der Waals surface area (Å²) in [5, 5.41) is 29.0. The van der Waals surface area contributed by atoms with Gasteiger partial charge in [0.05, 0.1) is 19.0 Å². The number of carboxylic acids is 2. The lowest BCUT2D eigenvalue weighted by atomic mass is 9.81. The van der Waals surface area contributed by atoms with Crippen LogP contribution in [0.25, 0.3) is 0 Å². The van der Waals surface area contributed by atoms with Crippen LogP contribution in [0.5, 0.6) is 0 Å². The third kappa shape index (κ3) is 11.9. The summed E-state index contributed by atoms with van der Waals surface area (Å²) in [6.07, 6.45) is 2.27. The Morgan fingerprint density at radius 2 is 1.55 bits per heavy atom. The molecule has 44 heavy (non-hydrogen) atoms. The quantitative estimate of drug-likeness (QED) is 0.0526. The van der Waals surface area contributed by atoms with Crippen molar-refractivity contribution in [2.75, 3.05) is 13.1 Å². The Hall–Kier alpha value is -4.73. The van der Waals surface area contributed by atoms with Gasteiger partial charge in [-0.3, -0.25) is 29.0 Å². The van der Waals surface area contributed by atoms with Gasteiger partial charge in [-0.25, -0.2) is 4.79 Å². The maximum atomic E-state index is 13.4. The molecule has 16 heteroatoms. The van der Waals surface area contributed by atoms with Gasteiger partial charge in [0.15, 0.2) is 5.96 Å². The largest absolute Gasteiger partial charge is 0.481 e. The second-order valence-electron chi connectivity index (χ2n) is 10.7. The summed E-state index contributed by atoms with van der Waals surface area (Å²) in [5.74, 6) is -5.95. The molecule has 0 aromatic heterocycles. The number of benzene rings is 1. The van der Waals surface area contributed by atoms with E-state index in [0.717, 1.165) is 6.42 Å². The zero-order valence-corrected chi connectivity index (χ0v) is 24.4. The lowest BCUT2D eigenvalue weighted by Gasteiger charge is -2.35. The van der Waals surface area contributed by atoms with Gasteiger partial charge in [0, 0.05) is 13.0 Å². The van der Waals surface area contributed by atoms with Crippen LogP contribution in [0.15, 0.2) is 35.3 Å². The van der Waals surface area contributed by atoms with Gasteiger partial charge in [0.1, 0.15) is 17.6 Å². The van der Waals surface area contributed by atoms with Crippen LogP contribution in [0.3, 0.4) is 0 Å². The molecule has 1 aliphatic rings. The van der Waals surface area contributed by atoms with Crippen molar-refractivity contribution < 1.29 is 39.0 Å². The van der Waals surface area contributed by atoms with Crippen LogP contribution in [-0.2, 0) is 35.2 Å². The van der Waals surface area contributed by atoms with Crippen LogP contribution in [-0.4, -0.2) is 88.5 Å². The van der Waals surface area contributed by atoms with Gasteiger partial charge in [-0.15, -0.1) is 0 Å². The summed E-state index contributed by atoms with van der Waals surface area (Å²) in [4.78, 5) is 78.9. The topological polar surface area (TPSA) is 281 Å². The van der Waals surface area contributed by atoms with E-state index in [4.69, 9.17) is 17.2 Å². The number of nitrogens with one attached hydrogen (secondary N) is 4. The summed E-state index contributed by atoms with van der Waals surface area (Å²) in [7, 11) is 0. The second-order valence-corrected chi connectivity index (χ2v) is 10.7. The summed E-state index contributed by atoms with van der Waals surface area (Å²) in [6, 6.07) is 4.77. The van der Waals surface area contributed by atoms with Gasteiger partial charge in [0.2, 0.25) is 23.6 Å². The van der Waals surface area contributed by atoms with E-state index in [9.17, 15) is 39.0 Å². The van der Waals surface area contributed by atoms with E-state index in [1.807, 2.05) is 0 Å². The molecular formula is C28H42N8O8. The normalized spacial score (nSPS) is 15.8. The summed E-state index contributed by atoms with van der Waals surface area (Å²) in [5.41, 5.74) is 15.4. The Kier molecular flexibility index (Phi) is 14.0. The van der Waals surface area contributed by atoms with Crippen LogP contribution in [0.2, 0.25) is 0 Å². The van der Waals surface area contributed by atoms with Gasteiger partial charge in [0.25, 0.3) is 0 Å². The maximum absolute atomic E-state index is 13.4. The molecule has 3 atom stereocenters. The van der Waals surface area contributed by atoms with Gasteiger partial charge >= 0.3 is 11.9 Å². The molecule has 0 radical (unpaired) electrons. The summed E-state index contributed by atoms with van der Waals surface area (Å²) >= 11 is 0. The number of hydrogen-bond donors (Lipinski definition) is 9. The number of carbonyl (C=O) groups excluding carboxylic acids is 4. The monoisotopic (exact) mass is 618 g/mol. The molecular weight excluding hydrogens is 576 g/mol. The molecule has 1 aliphatic carbocycles. The van der Waals surface area contributed by atoms with Crippen LogP contribution in [0, 0.1) is 0 Å².